The molecule has 0 fully saturated rings. The van der Waals surface area contributed by atoms with Crippen molar-refractivity contribution in [1.29, 1.82) is 0 Å². The van der Waals surface area contributed by atoms with Gasteiger partial charge in [0.1, 0.15) is 5.75 Å². The fourth-order valence-corrected chi connectivity index (χ4v) is 2.25. The molecule has 0 radical (unpaired) electrons. The smallest absolute Gasteiger partial charge is 0.115 e. The van der Waals surface area contributed by atoms with Crippen LogP contribution in [-0.2, 0) is 0 Å². The van der Waals surface area contributed by atoms with Crippen molar-refractivity contribution in [2.75, 3.05) is 0 Å². The van der Waals surface area contributed by atoms with Gasteiger partial charge in [0.15, 0.2) is 0 Å². The van der Waals surface area contributed by atoms with E-state index in [1.165, 1.54) is 11.1 Å². The monoisotopic (exact) mass is 326 g/mol. The second-order valence-corrected chi connectivity index (χ2v) is 5.04. The number of phenolic OH excluding ortho intramolecular Hbond substituents is 1. The number of para-hydroxylation sites is 1. The lowest BCUT2D eigenvalue weighted by atomic mass is 10.1. The summed E-state index contributed by atoms with van der Waals surface area (Å²) in [5, 5.41) is 8.63. The van der Waals surface area contributed by atoms with Crippen LogP contribution in [0.1, 0.15) is 0 Å². The number of phenols is 1. The molecule has 0 aromatic heterocycles. The van der Waals surface area contributed by atoms with Gasteiger partial charge in [0.2, 0.25) is 0 Å². The molecule has 0 heterocycles. The van der Waals surface area contributed by atoms with E-state index in [-0.39, 0.29) is 0 Å². The molecule has 100 valence electrons. The first-order valence-corrected chi connectivity index (χ1v) is 7.10. The molecule has 0 aliphatic carbocycles. The van der Waals surface area contributed by atoms with Crippen LogP contribution in [0.15, 0.2) is 89.4 Å². The van der Waals surface area contributed by atoms with Gasteiger partial charge in [-0.1, -0.05) is 82.7 Å². The van der Waals surface area contributed by atoms with Crippen LogP contribution in [0.2, 0.25) is 0 Å². The highest BCUT2D eigenvalue weighted by Gasteiger charge is 1.99. The molecule has 1 N–H and O–H groups in total. The van der Waals surface area contributed by atoms with Crippen molar-refractivity contribution in [2.45, 2.75) is 0 Å². The Kier molecular flexibility index (Phi) is 5.39. The van der Waals surface area contributed by atoms with Crippen molar-refractivity contribution in [3.05, 3.63) is 89.4 Å². The van der Waals surface area contributed by atoms with Crippen LogP contribution >= 0.6 is 15.9 Å². The third-order valence-electron chi connectivity index (χ3n) is 2.71. The van der Waals surface area contributed by atoms with Crippen LogP contribution in [0.5, 0.6) is 5.75 Å². The maximum Gasteiger partial charge on any atom is 0.115 e. The number of benzene rings is 3. The van der Waals surface area contributed by atoms with Crippen LogP contribution in [0, 0.1) is 0 Å². The molecular formula is C18H15BrO. The third-order valence-corrected chi connectivity index (χ3v) is 3.41. The van der Waals surface area contributed by atoms with E-state index in [1.54, 1.807) is 24.3 Å². The van der Waals surface area contributed by atoms with Crippen LogP contribution < -0.4 is 0 Å². The minimum absolute atomic E-state index is 0.322. The molecule has 0 unspecified atom stereocenters. The van der Waals surface area contributed by atoms with E-state index in [9.17, 15) is 0 Å². The zero-order chi connectivity index (χ0) is 14.2. The molecule has 0 spiro atoms. The molecule has 0 aliphatic heterocycles. The highest BCUT2D eigenvalue weighted by Crippen LogP contribution is 2.27. The topological polar surface area (TPSA) is 20.2 Å². The van der Waals surface area contributed by atoms with Crippen LogP contribution in [0.4, 0.5) is 0 Å². The molecule has 3 aromatic rings. The van der Waals surface area contributed by atoms with E-state index in [2.05, 4.69) is 52.3 Å². The average Bonchev–Trinajstić information content (AvgIpc) is 2.50. The lowest BCUT2D eigenvalue weighted by Crippen LogP contribution is -1.77. The zero-order valence-corrected chi connectivity index (χ0v) is 12.5. The molecule has 2 heteroatoms. The average molecular weight is 327 g/mol. The molecule has 0 atom stereocenters. The van der Waals surface area contributed by atoms with Gasteiger partial charge in [-0.3, -0.25) is 0 Å². The van der Waals surface area contributed by atoms with E-state index < -0.39 is 0 Å². The molecule has 3 rings (SSSR count). The number of aromatic hydroxyl groups is 1. The van der Waals surface area contributed by atoms with E-state index in [1.807, 2.05) is 24.3 Å². The van der Waals surface area contributed by atoms with Crippen molar-refractivity contribution in [2.24, 2.45) is 0 Å². The molecule has 0 amide bonds. The Morgan fingerprint density at radius 3 is 1.60 bits per heavy atom. The first-order chi connectivity index (χ1) is 9.77. The normalized spacial score (nSPS) is 9.45. The molecule has 1 nitrogen and oxygen atoms in total. The molecule has 0 saturated heterocycles. The summed E-state index contributed by atoms with van der Waals surface area (Å²) in [7, 11) is 0. The highest BCUT2D eigenvalue weighted by atomic mass is 79.9. The quantitative estimate of drug-likeness (QED) is 0.625. The van der Waals surface area contributed by atoms with E-state index >= 15 is 0 Å². The Bertz CT molecular complexity index is 636. The van der Waals surface area contributed by atoms with Gasteiger partial charge in [0.05, 0.1) is 0 Å². The molecule has 3 aromatic carbocycles. The van der Waals surface area contributed by atoms with Gasteiger partial charge in [-0.15, -0.1) is 0 Å². The van der Waals surface area contributed by atoms with Crippen LogP contribution in [0.25, 0.3) is 11.1 Å². The SMILES string of the molecule is Brc1ccccc1-c1ccccc1.Oc1ccccc1. The number of rotatable bonds is 1. The minimum atomic E-state index is 0.322. The first-order valence-electron chi connectivity index (χ1n) is 6.31. The molecule has 0 saturated carbocycles. The standard InChI is InChI=1S/C12H9Br.C6H6O/c13-12-9-5-4-8-11(12)10-6-2-1-3-7-10;7-6-4-2-1-3-5-6/h1-9H;1-5,7H. The summed E-state index contributed by atoms with van der Waals surface area (Å²) in [5.41, 5.74) is 2.48. The van der Waals surface area contributed by atoms with Gasteiger partial charge in [-0.05, 0) is 29.3 Å². The van der Waals surface area contributed by atoms with Crippen molar-refractivity contribution in [3.63, 3.8) is 0 Å². The highest BCUT2D eigenvalue weighted by molar-refractivity contribution is 9.10. The lowest BCUT2D eigenvalue weighted by Gasteiger charge is -2.02. The Labute approximate surface area is 127 Å². The van der Waals surface area contributed by atoms with Crippen molar-refractivity contribution < 1.29 is 5.11 Å². The molecule has 0 aliphatic rings. The van der Waals surface area contributed by atoms with Gasteiger partial charge < -0.3 is 5.11 Å². The van der Waals surface area contributed by atoms with E-state index in [4.69, 9.17) is 5.11 Å². The fourth-order valence-electron chi connectivity index (χ4n) is 1.74. The Morgan fingerprint density at radius 1 is 0.600 bits per heavy atom. The summed E-state index contributed by atoms with van der Waals surface area (Å²) in [6, 6.07) is 27.3. The van der Waals surface area contributed by atoms with Crippen molar-refractivity contribution in [1.82, 2.24) is 0 Å². The maximum absolute atomic E-state index is 8.63. The Hall–Kier alpha value is -2.06. The van der Waals surface area contributed by atoms with Crippen LogP contribution in [-0.4, -0.2) is 5.11 Å². The largest absolute Gasteiger partial charge is 0.508 e. The van der Waals surface area contributed by atoms with E-state index in [0.29, 0.717) is 5.75 Å². The summed E-state index contributed by atoms with van der Waals surface area (Å²) < 4.78 is 1.14. The fraction of sp³-hybridized carbons (Fsp3) is 0. The molecular weight excluding hydrogens is 312 g/mol. The van der Waals surface area contributed by atoms with Gasteiger partial charge in [-0.2, -0.15) is 0 Å². The lowest BCUT2D eigenvalue weighted by molar-refractivity contribution is 0.475. The zero-order valence-electron chi connectivity index (χ0n) is 10.9. The first kappa shape index (κ1) is 14.4. The summed E-state index contributed by atoms with van der Waals surface area (Å²) in [5.74, 6) is 0.322. The second-order valence-electron chi connectivity index (χ2n) is 4.18. The van der Waals surface area contributed by atoms with Crippen LogP contribution in [0.3, 0.4) is 0 Å². The van der Waals surface area contributed by atoms with Gasteiger partial charge in [0, 0.05) is 4.47 Å². The summed E-state index contributed by atoms with van der Waals surface area (Å²) in [6.07, 6.45) is 0. The Balaban J connectivity index is 0.000000178. The van der Waals surface area contributed by atoms with Gasteiger partial charge >= 0.3 is 0 Å². The Morgan fingerprint density at radius 2 is 1.10 bits per heavy atom. The minimum Gasteiger partial charge on any atom is -0.508 e. The predicted molar refractivity (Wildman–Crippen MR) is 87.7 cm³/mol. The second kappa shape index (κ2) is 7.51. The van der Waals surface area contributed by atoms with Crippen molar-refractivity contribution >= 4 is 15.9 Å². The number of hydrogen-bond acceptors (Lipinski definition) is 1. The maximum atomic E-state index is 8.63. The summed E-state index contributed by atoms with van der Waals surface area (Å²) in [4.78, 5) is 0. The predicted octanol–water partition coefficient (Wildman–Crippen LogP) is 5.51. The molecule has 20 heavy (non-hydrogen) atoms. The summed E-state index contributed by atoms with van der Waals surface area (Å²) >= 11 is 3.53. The number of halogens is 1. The number of hydrogen-bond donors (Lipinski definition) is 1. The third kappa shape index (κ3) is 4.25. The van der Waals surface area contributed by atoms with Gasteiger partial charge in [-0.25, -0.2) is 0 Å². The van der Waals surface area contributed by atoms with E-state index in [0.717, 1.165) is 4.47 Å². The van der Waals surface area contributed by atoms with Gasteiger partial charge in [0.25, 0.3) is 0 Å². The van der Waals surface area contributed by atoms with Crippen molar-refractivity contribution in [3.8, 4) is 16.9 Å². The summed E-state index contributed by atoms with van der Waals surface area (Å²) in [6.45, 7) is 0. The molecule has 0 bridgehead atoms.